The molecule has 0 aliphatic heterocycles. The number of fused-ring (bicyclic) bond motifs is 1. The first-order chi connectivity index (χ1) is 11.9. The minimum atomic E-state index is -0.516. The topological polar surface area (TPSA) is 87.3 Å². The van der Waals surface area contributed by atoms with Gasteiger partial charge in [-0.1, -0.05) is 0 Å². The Hall–Kier alpha value is -2.83. The normalized spacial score (nSPS) is 11.2. The number of nitrogens with one attached hydrogen (secondary N) is 2. The molecule has 2 aromatic rings. The number of aromatic amines is 1. The molecule has 0 saturated carbocycles. The fourth-order valence-electron chi connectivity index (χ4n) is 2.14. The molecule has 2 rings (SSSR count). The quantitative estimate of drug-likeness (QED) is 0.435. The van der Waals surface area contributed by atoms with Crippen molar-refractivity contribution in [3.63, 3.8) is 0 Å². The number of imidazole rings is 1. The highest BCUT2D eigenvalue weighted by molar-refractivity contribution is 6.02. The summed E-state index contributed by atoms with van der Waals surface area (Å²) in [6.07, 6.45) is 2.59. The third-order valence-electron chi connectivity index (χ3n) is 3.72. The van der Waals surface area contributed by atoms with E-state index in [1.165, 1.54) is 12.3 Å². The summed E-state index contributed by atoms with van der Waals surface area (Å²) >= 11 is 0. The predicted octanol–water partition coefficient (Wildman–Crippen LogP) is 2.86. The van der Waals surface area contributed by atoms with Gasteiger partial charge in [0.1, 0.15) is 6.42 Å². The van der Waals surface area contributed by atoms with Crippen molar-refractivity contribution in [3.05, 3.63) is 30.5 Å². The number of anilines is 2. The van der Waals surface area contributed by atoms with Gasteiger partial charge in [-0.3, -0.25) is 9.59 Å². The van der Waals surface area contributed by atoms with Crippen LogP contribution in [-0.4, -0.2) is 41.4 Å². The van der Waals surface area contributed by atoms with Crippen molar-refractivity contribution in [3.8, 4) is 0 Å². The molecule has 134 valence electrons. The molecule has 7 nitrogen and oxygen atoms in total. The summed E-state index contributed by atoms with van der Waals surface area (Å²) in [7, 11) is 1.99. The largest absolute Gasteiger partial charge is 0.466 e. The Bertz CT molecular complexity index is 780. The van der Waals surface area contributed by atoms with Crippen LogP contribution in [0, 0.1) is 0 Å². The third-order valence-corrected chi connectivity index (χ3v) is 3.72. The number of benzene rings is 1. The zero-order valence-corrected chi connectivity index (χ0v) is 15.0. The van der Waals surface area contributed by atoms with E-state index in [-0.39, 0.29) is 18.8 Å². The van der Waals surface area contributed by atoms with Crippen molar-refractivity contribution in [2.24, 2.45) is 0 Å². The summed E-state index contributed by atoms with van der Waals surface area (Å²) < 4.78 is 4.73. The van der Waals surface area contributed by atoms with Crippen molar-refractivity contribution in [1.82, 2.24) is 9.97 Å². The van der Waals surface area contributed by atoms with Crippen molar-refractivity contribution in [1.29, 1.82) is 0 Å². The first-order valence-electron chi connectivity index (χ1n) is 8.24. The fraction of sp³-hybridized carbons (Fsp3) is 0.389. The number of rotatable bonds is 8. The number of hydrogen-bond donors (Lipinski definition) is 2. The second-order valence-corrected chi connectivity index (χ2v) is 5.92. The summed E-state index contributed by atoms with van der Waals surface area (Å²) in [6, 6.07) is 6.04. The zero-order chi connectivity index (χ0) is 18.4. The minimum absolute atomic E-state index is 0.253. The van der Waals surface area contributed by atoms with Crippen LogP contribution in [0.5, 0.6) is 0 Å². The van der Waals surface area contributed by atoms with Gasteiger partial charge in [0.15, 0.2) is 5.78 Å². The van der Waals surface area contributed by atoms with Gasteiger partial charge in [-0.15, -0.1) is 0 Å². The first-order valence-corrected chi connectivity index (χ1v) is 8.24. The number of ether oxygens (including phenoxy) is 1. The van der Waals surface area contributed by atoms with E-state index in [4.69, 9.17) is 4.74 Å². The summed E-state index contributed by atoms with van der Waals surface area (Å²) in [5, 5.41) is 3.02. The van der Waals surface area contributed by atoms with Gasteiger partial charge in [-0.2, -0.15) is 0 Å². The van der Waals surface area contributed by atoms with Crippen LogP contribution in [0.15, 0.2) is 30.5 Å². The molecule has 0 aliphatic carbocycles. The van der Waals surface area contributed by atoms with Gasteiger partial charge in [0, 0.05) is 25.0 Å². The van der Waals surface area contributed by atoms with Gasteiger partial charge in [-0.05, 0) is 45.0 Å². The molecule has 0 spiro atoms. The van der Waals surface area contributed by atoms with Crippen molar-refractivity contribution >= 4 is 34.4 Å². The Balaban J connectivity index is 2.01. The number of H-pyrrole nitrogens is 1. The first kappa shape index (κ1) is 18.5. The molecule has 0 amide bonds. The SMILES string of the molecule is CCOC(=O)CC(=O)/C=C/Nc1ccc2nc(N(C)C(C)C)[nH]c2c1. The molecule has 0 bridgehead atoms. The van der Waals surface area contributed by atoms with Gasteiger partial charge in [-0.25, -0.2) is 4.98 Å². The summed E-state index contributed by atoms with van der Waals surface area (Å²) in [5.41, 5.74) is 2.59. The van der Waals surface area contributed by atoms with E-state index in [1.54, 1.807) is 6.92 Å². The molecule has 0 aliphatic rings. The second kappa shape index (κ2) is 8.32. The van der Waals surface area contributed by atoms with E-state index >= 15 is 0 Å². The van der Waals surface area contributed by atoms with Crippen LogP contribution in [-0.2, 0) is 14.3 Å². The second-order valence-electron chi connectivity index (χ2n) is 5.92. The number of ketones is 1. The Morgan fingerprint density at radius 1 is 1.40 bits per heavy atom. The molecule has 0 radical (unpaired) electrons. The summed E-state index contributed by atoms with van der Waals surface area (Å²) in [6.45, 7) is 6.17. The van der Waals surface area contributed by atoms with Gasteiger partial charge in [0.25, 0.3) is 0 Å². The van der Waals surface area contributed by atoms with Gasteiger partial charge in [0.05, 0.1) is 17.6 Å². The number of hydrogen-bond acceptors (Lipinski definition) is 6. The molecule has 1 aromatic carbocycles. The summed E-state index contributed by atoms with van der Waals surface area (Å²) in [5.74, 6) is -0.0189. The lowest BCUT2D eigenvalue weighted by atomic mass is 10.2. The number of aromatic nitrogens is 2. The molecule has 0 saturated heterocycles. The van der Waals surface area contributed by atoms with Crippen molar-refractivity contribution in [2.75, 3.05) is 23.9 Å². The smallest absolute Gasteiger partial charge is 0.313 e. The average molecular weight is 344 g/mol. The van der Waals surface area contributed by atoms with Crippen LogP contribution in [0.3, 0.4) is 0 Å². The van der Waals surface area contributed by atoms with Crippen LogP contribution < -0.4 is 10.2 Å². The van der Waals surface area contributed by atoms with Gasteiger partial charge < -0.3 is 19.9 Å². The van der Waals surface area contributed by atoms with E-state index in [1.807, 2.05) is 25.2 Å². The van der Waals surface area contributed by atoms with E-state index in [0.29, 0.717) is 6.04 Å². The summed E-state index contributed by atoms with van der Waals surface area (Å²) in [4.78, 5) is 32.7. The lowest BCUT2D eigenvalue weighted by Gasteiger charge is -2.19. The maximum atomic E-state index is 11.6. The highest BCUT2D eigenvalue weighted by Crippen LogP contribution is 2.21. The maximum Gasteiger partial charge on any atom is 0.313 e. The Morgan fingerprint density at radius 2 is 2.16 bits per heavy atom. The number of allylic oxidation sites excluding steroid dienone is 1. The van der Waals surface area contributed by atoms with Crippen LogP contribution in [0.4, 0.5) is 11.6 Å². The molecule has 1 aromatic heterocycles. The highest BCUT2D eigenvalue weighted by Gasteiger charge is 2.10. The fourth-order valence-corrected chi connectivity index (χ4v) is 2.14. The zero-order valence-electron chi connectivity index (χ0n) is 15.0. The Morgan fingerprint density at radius 3 is 2.84 bits per heavy atom. The molecular formula is C18H24N4O3. The Kier molecular flexibility index (Phi) is 6.16. The average Bonchev–Trinajstić information content (AvgIpc) is 2.97. The van der Waals surface area contributed by atoms with Crippen LogP contribution in [0.25, 0.3) is 11.0 Å². The Labute approximate surface area is 147 Å². The lowest BCUT2D eigenvalue weighted by Crippen LogP contribution is -2.26. The lowest BCUT2D eigenvalue weighted by molar-refractivity contribution is -0.144. The molecular weight excluding hydrogens is 320 g/mol. The van der Waals surface area contributed by atoms with Crippen molar-refractivity contribution in [2.45, 2.75) is 33.2 Å². The van der Waals surface area contributed by atoms with E-state index in [9.17, 15) is 9.59 Å². The molecule has 0 atom stereocenters. The van der Waals surface area contributed by atoms with Gasteiger partial charge >= 0.3 is 5.97 Å². The molecule has 25 heavy (non-hydrogen) atoms. The predicted molar refractivity (Wildman–Crippen MR) is 98.7 cm³/mol. The number of nitrogens with zero attached hydrogens (tertiary/aromatic N) is 2. The van der Waals surface area contributed by atoms with E-state index < -0.39 is 5.97 Å². The third kappa shape index (κ3) is 5.07. The monoisotopic (exact) mass is 344 g/mol. The van der Waals surface area contributed by atoms with Crippen molar-refractivity contribution < 1.29 is 14.3 Å². The number of carbonyl (C=O) groups is 2. The van der Waals surface area contributed by atoms with Crippen LogP contribution in [0.1, 0.15) is 27.2 Å². The molecule has 0 unspecified atom stereocenters. The molecule has 7 heteroatoms. The van der Waals surface area contributed by atoms with Crippen LogP contribution >= 0.6 is 0 Å². The molecule has 0 fully saturated rings. The van der Waals surface area contributed by atoms with Gasteiger partial charge in [0.2, 0.25) is 5.95 Å². The standard InChI is InChI=1S/C18H24N4O3/c1-5-25-17(24)11-14(23)8-9-19-13-6-7-15-16(10-13)21-18(20-15)22(4)12(2)3/h6-10,12,19H,5,11H2,1-4H3,(H,20,21)/b9-8+. The maximum absolute atomic E-state index is 11.6. The van der Waals surface area contributed by atoms with E-state index in [2.05, 4.69) is 34.0 Å². The number of esters is 1. The van der Waals surface area contributed by atoms with E-state index in [0.717, 1.165) is 22.7 Å². The molecule has 2 N–H and O–H groups in total. The number of carbonyl (C=O) groups excluding carboxylic acids is 2. The molecule has 1 heterocycles. The minimum Gasteiger partial charge on any atom is -0.466 e. The van der Waals surface area contributed by atoms with Crippen LogP contribution in [0.2, 0.25) is 0 Å². The highest BCUT2D eigenvalue weighted by atomic mass is 16.5.